The van der Waals surface area contributed by atoms with E-state index in [0.717, 1.165) is 16.5 Å². The number of likely N-dealkylation sites (tertiary alicyclic amines) is 1. The van der Waals surface area contributed by atoms with Gasteiger partial charge in [0.2, 0.25) is 0 Å². The third kappa shape index (κ3) is 4.68. The number of aliphatic hydroxyl groups is 1. The van der Waals surface area contributed by atoms with Crippen LogP contribution in [0.15, 0.2) is 78.5 Å². The molecular formula is C29H25N3O7. The summed E-state index contributed by atoms with van der Waals surface area (Å²) in [5.74, 6) is -0.820. The number of hydrogen-bond donors (Lipinski definition) is 2. The Hall–Kier alpha value is -5.12. The van der Waals surface area contributed by atoms with Crippen LogP contribution in [-0.2, 0) is 16.0 Å². The lowest BCUT2D eigenvalue weighted by molar-refractivity contribution is -0.384. The number of non-ortho nitro benzene ring substituents is 1. The highest BCUT2D eigenvalue weighted by Gasteiger charge is 2.46. The minimum Gasteiger partial charge on any atom is -0.507 e. The van der Waals surface area contributed by atoms with E-state index in [1.807, 2.05) is 24.4 Å². The van der Waals surface area contributed by atoms with Gasteiger partial charge >= 0.3 is 0 Å². The first-order chi connectivity index (χ1) is 18.8. The molecule has 0 unspecified atom stereocenters. The van der Waals surface area contributed by atoms with Gasteiger partial charge in [0.1, 0.15) is 17.3 Å². The van der Waals surface area contributed by atoms with Crippen molar-refractivity contribution in [2.75, 3.05) is 20.8 Å². The molecule has 4 aromatic rings. The number of carbonyl (C=O) groups is 2. The van der Waals surface area contributed by atoms with Crippen molar-refractivity contribution in [2.45, 2.75) is 12.5 Å². The Bertz CT molecular complexity index is 1620. The van der Waals surface area contributed by atoms with Gasteiger partial charge in [-0.25, -0.2) is 0 Å². The molecule has 2 heterocycles. The fourth-order valence-electron chi connectivity index (χ4n) is 4.90. The molecule has 10 heteroatoms. The van der Waals surface area contributed by atoms with Crippen molar-refractivity contribution in [2.24, 2.45) is 0 Å². The van der Waals surface area contributed by atoms with Crippen LogP contribution in [0, 0.1) is 10.1 Å². The quantitative estimate of drug-likeness (QED) is 0.111. The molecule has 3 aromatic carbocycles. The van der Waals surface area contributed by atoms with Crippen LogP contribution in [0.4, 0.5) is 5.69 Å². The molecule has 0 spiro atoms. The number of nitro groups is 1. The first-order valence-electron chi connectivity index (χ1n) is 12.1. The molecule has 10 nitrogen and oxygen atoms in total. The van der Waals surface area contributed by atoms with E-state index in [9.17, 15) is 24.8 Å². The molecule has 39 heavy (non-hydrogen) atoms. The summed E-state index contributed by atoms with van der Waals surface area (Å²) in [6.07, 6.45) is 2.27. The minimum absolute atomic E-state index is 0.0736. The molecule has 1 aromatic heterocycles. The zero-order valence-electron chi connectivity index (χ0n) is 21.2. The van der Waals surface area contributed by atoms with E-state index < -0.39 is 28.4 Å². The number of fused-ring (bicyclic) bond motifs is 1. The molecule has 1 amide bonds. The van der Waals surface area contributed by atoms with Gasteiger partial charge in [-0.05, 0) is 47.9 Å². The van der Waals surface area contributed by atoms with Gasteiger partial charge in [-0.1, -0.05) is 24.3 Å². The third-order valence-electron chi connectivity index (χ3n) is 6.90. The number of aromatic nitrogens is 1. The van der Waals surface area contributed by atoms with Crippen LogP contribution in [0.5, 0.6) is 11.5 Å². The van der Waals surface area contributed by atoms with Gasteiger partial charge in [0.15, 0.2) is 0 Å². The average molecular weight is 528 g/mol. The van der Waals surface area contributed by atoms with Gasteiger partial charge in [0, 0.05) is 41.3 Å². The Morgan fingerprint density at radius 3 is 2.44 bits per heavy atom. The van der Waals surface area contributed by atoms with Gasteiger partial charge in [0.05, 0.1) is 30.8 Å². The number of ether oxygens (including phenoxy) is 2. The van der Waals surface area contributed by atoms with Crippen LogP contribution in [0.25, 0.3) is 16.7 Å². The summed E-state index contributed by atoms with van der Waals surface area (Å²) >= 11 is 0. The summed E-state index contributed by atoms with van der Waals surface area (Å²) in [6.45, 7) is 0.178. The molecule has 0 radical (unpaired) electrons. The van der Waals surface area contributed by atoms with E-state index in [2.05, 4.69) is 4.98 Å². The fraction of sp³-hybridized carbons (Fsp3) is 0.172. The van der Waals surface area contributed by atoms with Crippen LogP contribution in [0.2, 0.25) is 0 Å². The topological polar surface area (TPSA) is 135 Å². The average Bonchev–Trinajstić information content (AvgIpc) is 3.48. The molecule has 2 N–H and O–H groups in total. The minimum atomic E-state index is -0.907. The SMILES string of the molecule is COc1ccc([C@@H]2C(=C(O)c3cccc([N+](=O)[O-])c3)C(=O)C(=O)N2CCc2c[nH]c3ccc(OC)cc23)cc1. The Balaban J connectivity index is 1.57. The Morgan fingerprint density at radius 1 is 1.03 bits per heavy atom. The smallest absolute Gasteiger partial charge is 0.295 e. The van der Waals surface area contributed by atoms with E-state index in [1.165, 1.54) is 36.3 Å². The van der Waals surface area contributed by atoms with Crippen molar-refractivity contribution < 1.29 is 29.1 Å². The van der Waals surface area contributed by atoms with Gasteiger partial charge in [-0.2, -0.15) is 0 Å². The highest BCUT2D eigenvalue weighted by Crippen LogP contribution is 2.40. The molecule has 198 valence electrons. The van der Waals surface area contributed by atoms with Crippen LogP contribution >= 0.6 is 0 Å². The number of nitrogens with zero attached hydrogens (tertiary/aromatic N) is 2. The first-order valence-corrected chi connectivity index (χ1v) is 12.1. The van der Waals surface area contributed by atoms with Crippen molar-refractivity contribution >= 4 is 34.0 Å². The number of amides is 1. The number of ketones is 1. The van der Waals surface area contributed by atoms with E-state index >= 15 is 0 Å². The van der Waals surface area contributed by atoms with E-state index in [-0.39, 0.29) is 23.4 Å². The lowest BCUT2D eigenvalue weighted by Crippen LogP contribution is -2.31. The fourth-order valence-corrected chi connectivity index (χ4v) is 4.90. The normalized spacial score (nSPS) is 16.6. The molecule has 0 aliphatic carbocycles. The number of carbonyl (C=O) groups excluding carboxylic acids is 2. The zero-order chi connectivity index (χ0) is 27.7. The summed E-state index contributed by atoms with van der Waals surface area (Å²) in [5, 5.41) is 23.5. The maximum Gasteiger partial charge on any atom is 0.295 e. The maximum atomic E-state index is 13.3. The number of Topliss-reactive ketones (excluding diaryl/α,β-unsaturated/α-hetero) is 1. The lowest BCUT2D eigenvalue weighted by atomic mass is 9.95. The lowest BCUT2D eigenvalue weighted by Gasteiger charge is -2.25. The number of aromatic amines is 1. The molecule has 0 saturated carbocycles. The Morgan fingerprint density at radius 2 is 1.74 bits per heavy atom. The van der Waals surface area contributed by atoms with Gasteiger partial charge < -0.3 is 24.5 Å². The number of methoxy groups -OCH3 is 2. The summed E-state index contributed by atoms with van der Waals surface area (Å²) in [6, 6.07) is 16.9. The Kier molecular flexibility index (Phi) is 6.76. The van der Waals surface area contributed by atoms with Crippen LogP contribution in [0.1, 0.15) is 22.7 Å². The molecule has 1 fully saturated rings. The van der Waals surface area contributed by atoms with Crippen LogP contribution < -0.4 is 9.47 Å². The number of nitrogens with one attached hydrogen (secondary N) is 1. The molecule has 0 bridgehead atoms. The van der Waals surface area contributed by atoms with Crippen molar-refractivity contribution in [3.05, 3.63) is 105 Å². The number of hydrogen-bond acceptors (Lipinski definition) is 7. The monoisotopic (exact) mass is 527 g/mol. The largest absolute Gasteiger partial charge is 0.507 e. The van der Waals surface area contributed by atoms with E-state index in [4.69, 9.17) is 9.47 Å². The van der Waals surface area contributed by atoms with Gasteiger partial charge in [-0.15, -0.1) is 0 Å². The summed E-state index contributed by atoms with van der Waals surface area (Å²) in [5.41, 5.74) is 2.12. The number of H-pyrrole nitrogens is 1. The zero-order valence-corrected chi connectivity index (χ0v) is 21.2. The van der Waals surface area contributed by atoms with Crippen LogP contribution in [-0.4, -0.2) is 52.4 Å². The van der Waals surface area contributed by atoms with Gasteiger partial charge in [-0.3, -0.25) is 19.7 Å². The van der Waals surface area contributed by atoms with Gasteiger partial charge in [0.25, 0.3) is 17.4 Å². The summed E-state index contributed by atoms with van der Waals surface area (Å²) in [7, 11) is 3.11. The predicted molar refractivity (Wildman–Crippen MR) is 144 cm³/mol. The maximum absolute atomic E-state index is 13.3. The highest BCUT2D eigenvalue weighted by atomic mass is 16.6. The number of rotatable bonds is 8. The predicted octanol–water partition coefficient (Wildman–Crippen LogP) is 4.76. The molecule has 1 atom stereocenters. The van der Waals surface area contributed by atoms with Crippen molar-refractivity contribution in [1.29, 1.82) is 0 Å². The third-order valence-corrected chi connectivity index (χ3v) is 6.90. The van der Waals surface area contributed by atoms with E-state index in [0.29, 0.717) is 23.5 Å². The number of nitro benzene ring substituents is 1. The first kappa shape index (κ1) is 25.5. The second kappa shape index (κ2) is 10.3. The molecule has 1 aliphatic heterocycles. The molecule has 1 saturated heterocycles. The summed E-state index contributed by atoms with van der Waals surface area (Å²) < 4.78 is 10.6. The van der Waals surface area contributed by atoms with Crippen LogP contribution in [0.3, 0.4) is 0 Å². The summed E-state index contributed by atoms with van der Waals surface area (Å²) in [4.78, 5) is 42.0. The second-order valence-corrected chi connectivity index (χ2v) is 9.05. The highest BCUT2D eigenvalue weighted by molar-refractivity contribution is 6.46. The number of benzene rings is 3. The van der Waals surface area contributed by atoms with Crippen molar-refractivity contribution in [3.8, 4) is 11.5 Å². The van der Waals surface area contributed by atoms with Crippen molar-refractivity contribution in [1.82, 2.24) is 9.88 Å². The molecular weight excluding hydrogens is 502 g/mol. The molecule has 1 aliphatic rings. The van der Waals surface area contributed by atoms with Crippen molar-refractivity contribution in [3.63, 3.8) is 0 Å². The molecule has 5 rings (SSSR count). The second-order valence-electron chi connectivity index (χ2n) is 9.05. The Labute approximate surface area is 223 Å². The number of aliphatic hydroxyl groups excluding tert-OH is 1. The standard InChI is InChI=1S/C29H25N3O7/c1-38-21-8-6-17(7-9-21)26-25(27(33)18-4-3-5-20(14-18)32(36)37)28(34)29(35)31(26)13-12-19-16-30-24-11-10-22(39-2)15-23(19)24/h3-11,14-16,26,30,33H,12-13H2,1-2H3/t26-/m1/s1. The van der Waals surface area contributed by atoms with E-state index in [1.54, 1.807) is 31.4 Å².